The Balaban J connectivity index is 1.65. The lowest BCUT2D eigenvalue weighted by atomic mass is 9.68. The van der Waals surface area contributed by atoms with Crippen LogP contribution in [0, 0.1) is 0 Å². The van der Waals surface area contributed by atoms with Gasteiger partial charge >= 0.3 is 35.2 Å². The van der Waals surface area contributed by atoms with E-state index in [4.69, 9.17) is 32.5 Å². The number of phosphoric ester groups is 1. The fourth-order valence-electron chi connectivity index (χ4n) is 7.59. The molecule has 0 bridgehead atoms. The molecule has 12 N–H and O–H groups in total. The van der Waals surface area contributed by atoms with Crippen molar-refractivity contribution >= 4 is 76.4 Å². The molecule has 1 aromatic heterocycles. The molecule has 3 aliphatic heterocycles. The number of aliphatic hydroxyl groups excluding tert-OH is 1. The van der Waals surface area contributed by atoms with E-state index in [0.717, 1.165) is 34.5 Å². The molecule has 4 rings (SSSR count). The van der Waals surface area contributed by atoms with Crippen LogP contribution in [-0.4, -0.2) is 111 Å². The number of carbonyl (C=O) groups is 4. The number of H-pyrrole nitrogens is 1. The minimum atomic E-state index is -5.88. The Kier molecular flexibility index (Phi) is 18.6. The van der Waals surface area contributed by atoms with Gasteiger partial charge in [0.15, 0.2) is 5.78 Å². The number of unbranched alkanes of at least 4 members (excludes halogenated alkanes) is 3. The van der Waals surface area contributed by atoms with E-state index >= 15 is 0 Å². The molecule has 0 saturated carbocycles. The third kappa shape index (κ3) is 13.9. The first-order valence-electron chi connectivity index (χ1n) is 19.6. The lowest BCUT2D eigenvalue weighted by Crippen LogP contribution is -2.60. The molecule has 1 aromatic rings. The number of hydrogen-bond acceptors (Lipinski definition) is 17. The minimum Gasteiger partial charge on any atom is -0.403 e. The highest BCUT2D eigenvalue weighted by molar-refractivity contribution is 8.00. The van der Waals surface area contributed by atoms with Crippen molar-refractivity contribution in [2.75, 3.05) is 12.4 Å². The molecule has 0 aromatic carbocycles. The molecule has 63 heavy (non-hydrogen) atoms. The molecule has 0 spiro atoms. The molecule has 354 valence electrons. The number of carbonyl (C=O) groups excluding carboxylic acids is 4. The van der Waals surface area contributed by atoms with Gasteiger partial charge in [0.2, 0.25) is 11.8 Å². The van der Waals surface area contributed by atoms with E-state index in [1.54, 1.807) is 11.8 Å². The number of rotatable bonds is 25. The summed E-state index contributed by atoms with van der Waals surface area (Å²) in [6.45, 7) is 2.23. The summed E-state index contributed by atoms with van der Waals surface area (Å²) >= 11 is 6.74. The van der Waals surface area contributed by atoms with Crippen LogP contribution in [0.4, 0.5) is 4.79 Å². The Labute approximate surface area is 369 Å². The second-order valence-corrected chi connectivity index (χ2v) is 20.9. The molecule has 30 heteroatoms. The van der Waals surface area contributed by atoms with Gasteiger partial charge in [0.25, 0.3) is 5.56 Å². The number of aromatic nitrogens is 2. The maximum atomic E-state index is 14.6. The Morgan fingerprint density at radius 2 is 1.75 bits per heavy atom. The van der Waals surface area contributed by atoms with Gasteiger partial charge in [-0.25, -0.2) is 23.3 Å². The highest BCUT2D eigenvalue weighted by atomic mass is 32.2. The summed E-state index contributed by atoms with van der Waals surface area (Å²) < 4.78 is 53.4. The van der Waals surface area contributed by atoms with Crippen molar-refractivity contribution in [2.24, 2.45) is 5.73 Å². The maximum absolute atomic E-state index is 14.6. The number of phosphoric acid groups is 3. The summed E-state index contributed by atoms with van der Waals surface area (Å²) in [5, 5.41) is 23.2. The Morgan fingerprint density at radius 1 is 1.06 bits per heavy atom. The molecule has 4 unspecified atom stereocenters. The van der Waals surface area contributed by atoms with Gasteiger partial charge in [0.05, 0.1) is 36.1 Å². The van der Waals surface area contributed by atoms with Crippen LogP contribution < -0.4 is 38.2 Å². The van der Waals surface area contributed by atoms with Crippen LogP contribution in [0.3, 0.4) is 0 Å². The number of aliphatic hydroxyl groups is 1. The number of ether oxygens (including phenoxy) is 1. The smallest absolute Gasteiger partial charge is 0.403 e. The largest absolute Gasteiger partial charge is 0.490 e. The number of thiocarbonyl (C=S) groups is 1. The van der Waals surface area contributed by atoms with Crippen molar-refractivity contribution in [3.05, 3.63) is 44.5 Å². The summed E-state index contributed by atoms with van der Waals surface area (Å²) in [6.07, 6.45) is -0.410. The number of Topliss-reactive ketones (excluding diaryl/α,β-unsaturated/α-hetero) is 1. The number of fused-ring (bicyclic) bond motifs is 1. The lowest BCUT2D eigenvalue weighted by Gasteiger charge is -2.40. The van der Waals surface area contributed by atoms with Crippen LogP contribution in [0.2, 0.25) is 0 Å². The van der Waals surface area contributed by atoms with Gasteiger partial charge < -0.3 is 56.4 Å². The number of thioether (sulfide) groups is 1. The first-order valence-corrected chi connectivity index (χ1v) is 25.7. The van der Waals surface area contributed by atoms with Crippen molar-refractivity contribution in [1.82, 2.24) is 30.8 Å². The standard InChI is InChI=1S/C33H52N7O18P3S2/c1-3-4-5-9-26(43)35-18(2)33(25(42)11-12-62,24(14-34)37-27(44)10-7-6-8-23-29-20(17-63-23)36-31(46)38-29)19-15-40(32(47)39-30(19)45)28-13-21(41)22(56-28)16-55-60(51,52)58-61(53,54)57-59(48,49)50/h12,14-15,18,20-23,28-29,41H,3-11,13,16-17,34H2,1-2H3,(H,35,43)(H,37,44)(H,51,52)(H,53,54)(H2,36,38,46)(H,39,45,47)(H2,48,49,50)/t18?,20-,21-,22+,23-,28+,29-,33?/m0/s1. The average Bonchev–Trinajstić information content (AvgIpc) is 3.85. The van der Waals surface area contributed by atoms with Crippen molar-refractivity contribution in [3.63, 3.8) is 0 Å². The van der Waals surface area contributed by atoms with E-state index in [-0.39, 0.29) is 41.9 Å². The zero-order chi connectivity index (χ0) is 46.9. The van der Waals surface area contributed by atoms with Gasteiger partial charge in [0, 0.05) is 55.1 Å². The zero-order valence-corrected chi connectivity index (χ0v) is 38.3. The molecule has 25 nitrogen and oxygen atoms in total. The second-order valence-electron chi connectivity index (χ2n) is 14.9. The highest BCUT2D eigenvalue weighted by Crippen LogP contribution is 2.66. The van der Waals surface area contributed by atoms with Crippen LogP contribution in [-0.2, 0) is 51.4 Å². The molecule has 0 radical (unpaired) electrons. The molecule has 3 aliphatic rings. The van der Waals surface area contributed by atoms with Crippen LogP contribution >= 0.6 is 47.4 Å². The van der Waals surface area contributed by atoms with Gasteiger partial charge in [0.1, 0.15) is 17.7 Å². The SMILES string of the molecule is CCCCCC(=O)NC(C)C(C(=O)CC=S)(C(=CN)NC(=O)CCCC[C@@H]1SC[C@@H]2NC(=O)N[C@@H]21)c1cn([C@H]2C[C@H](O)[C@@H](COP(=O)(O)OP(=O)(O)OP(=O)(O)O)O2)c(=O)[nH]c1=O. The van der Waals surface area contributed by atoms with Crippen molar-refractivity contribution in [2.45, 2.75) is 125 Å². The summed E-state index contributed by atoms with van der Waals surface area (Å²) in [5.74, 6) is -1.23. The Morgan fingerprint density at radius 3 is 2.40 bits per heavy atom. The number of urea groups is 1. The van der Waals surface area contributed by atoms with Gasteiger partial charge in [-0.3, -0.25) is 33.3 Å². The quantitative estimate of drug-likeness (QED) is 0.0274. The fourth-order valence-corrected chi connectivity index (χ4v) is 12.3. The van der Waals surface area contributed by atoms with Gasteiger partial charge in [-0.05, 0) is 31.6 Å². The highest BCUT2D eigenvalue weighted by Gasteiger charge is 2.52. The van der Waals surface area contributed by atoms with E-state index in [1.165, 1.54) is 6.92 Å². The zero-order valence-electron chi connectivity index (χ0n) is 34.0. The van der Waals surface area contributed by atoms with E-state index in [9.17, 15) is 57.4 Å². The molecule has 3 fully saturated rings. The van der Waals surface area contributed by atoms with E-state index in [0.29, 0.717) is 32.1 Å². The lowest BCUT2D eigenvalue weighted by molar-refractivity contribution is -0.125. The van der Waals surface area contributed by atoms with Gasteiger partial charge in [-0.1, -0.05) is 38.4 Å². The number of nitrogens with one attached hydrogen (secondary N) is 5. The summed E-state index contributed by atoms with van der Waals surface area (Å²) in [6, 6.07) is -1.62. The molecule has 3 saturated heterocycles. The topological polar surface area (TPSA) is 387 Å². The first-order chi connectivity index (χ1) is 29.5. The third-order valence-corrected chi connectivity index (χ3v) is 15.9. The van der Waals surface area contributed by atoms with Gasteiger partial charge in [-0.15, -0.1) is 0 Å². The number of nitrogens with zero attached hydrogens (tertiary/aromatic N) is 1. The molecular formula is C33H52N7O18P3S2. The van der Waals surface area contributed by atoms with Crippen LogP contribution in [0.1, 0.15) is 89.8 Å². The average molecular weight is 992 g/mol. The molecule has 4 heterocycles. The summed E-state index contributed by atoms with van der Waals surface area (Å²) in [4.78, 5) is 120. The molecule has 0 aliphatic carbocycles. The van der Waals surface area contributed by atoms with Crippen LogP contribution in [0.15, 0.2) is 27.7 Å². The number of nitrogens with two attached hydrogens (primary N) is 1. The van der Waals surface area contributed by atoms with Crippen LogP contribution in [0.25, 0.3) is 0 Å². The Bertz CT molecular complexity index is 2170. The van der Waals surface area contributed by atoms with E-state index in [1.807, 2.05) is 6.92 Å². The van der Waals surface area contributed by atoms with Crippen molar-refractivity contribution in [3.8, 4) is 0 Å². The third-order valence-electron chi connectivity index (χ3n) is 10.4. The van der Waals surface area contributed by atoms with Gasteiger partial charge in [-0.2, -0.15) is 20.4 Å². The number of aromatic amines is 1. The predicted molar refractivity (Wildman–Crippen MR) is 227 cm³/mol. The molecule has 4 amide bonds. The first kappa shape index (κ1) is 52.5. The molecule has 10 atom stereocenters. The van der Waals surface area contributed by atoms with Crippen LogP contribution in [0.5, 0.6) is 0 Å². The summed E-state index contributed by atoms with van der Waals surface area (Å²) in [5.41, 5.74) is 0.610. The second kappa shape index (κ2) is 22.4. The van der Waals surface area contributed by atoms with E-state index < -0.39 is 107 Å². The molecular weight excluding hydrogens is 939 g/mol. The number of amides is 4. The monoisotopic (exact) mass is 991 g/mol. The van der Waals surface area contributed by atoms with E-state index in [2.05, 4.69) is 39.4 Å². The maximum Gasteiger partial charge on any atom is 0.490 e. The minimum absolute atomic E-state index is 0.0168. The Hall–Kier alpha value is -3.13. The summed E-state index contributed by atoms with van der Waals surface area (Å²) in [7, 11) is -17.2. The predicted octanol–water partition coefficient (Wildman–Crippen LogP) is 0.452. The van der Waals surface area contributed by atoms with Crippen molar-refractivity contribution < 1.29 is 75.4 Å². The number of ketones is 1. The normalized spacial score (nSPS) is 25.7. The van der Waals surface area contributed by atoms with Crippen molar-refractivity contribution in [1.29, 1.82) is 0 Å². The number of hydrogen-bond donors (Lipinski definition) is 11. The fraction of sp³-hybridized carbons (Fsp3) is 0.667.